The standard InChI is InChI=1S/C13H16ClN5S/c1-2-15-8-9-3-6-11(7-12(9)14)20-13-16-17-18-19(13)10-4-5-10/h3,6-7,10,15H,2,4-5,8H2,1H3. The molecule has 20 heavy (non-hydrogen) atoms. The molecule has 5 nitrogen and oxygen atoms in total. The van der Waals surface area contributed by atoms with E-state index in [2.05, 4.69) is 39.9 Å². The van der Waals surface area contributed by atoms with Crippen LogP contribution in [0.15, 0.2) is 28.3 Å². The van der Waals surface area contributed by atoms with Gasteiger partial charge in [-0.25, -0.2) is 4.68 Å². The molecule has 1 aromatic heterocycles. The van der Waals surface area contributed by atoms with Crippen LogP contribution in [0.5, 0.6) is 0 Å². The molecule has 0 spiro atoms. The van der Waals surface area contributed by atoms with Gasteiger partial charge < -0.3 is 5.32 Å². The third-order valence-electron chi connectivity index (χ3n) is 3.15. The highest BCUT2D eigenvalue weighted by atomic mass is 35.5. The molecule has 1 aromatic carbocycles. The number of nitrogens with one attached hydrogen (secondary N) is 1. The van der Waals surface area contributed by atoms with E-state index in [1.54, 1.807) is 11.8 Å². The minimum atomic E-state index is 0.482. The lowest BCUT2D eigenvalue weighted by Crippen LogP contribution is -2.11. The Kier molecular flexibility index (Phi) is 4.24. The lowest BCUT2D eigenvalue weighted by molar-refractivity contribution is 0.565. The van der Waals surface area contributed by atoms with E-state index in [4.69, 9.17) is 11.6 Å². The number of aromatic nitrogens is 4. The van der Waals surface area contributed by atoms with Crippen molar-refractivity contribution in [3.05, 3.63) is 28.8 Å². The molecule has 106 valence electrons. The van der Waals surface area contributed by atoms with E-state index in [0.717, 1.165) is 33.7 Å². The van der Waals surface area contributed by atoms with Gasteiger partial charge in [-0.3, -0.25) is 0 Å². The molecule has 0 atom stereocenters. The van der Waals surface area contributed by atoms with Crippen LogP contribution in [-0.2, 0) is 6.54 Å². The van der Waals surface area contributed by atoms with Crippen molar-refractivity contribution in [2.24, 2.45) is 0 Å². The van der Waals surface area contributed by atoms with Gasteiger partial charge >= 0.3 is 0 Å². The van der Waals surface area contributed by atoms with E-state index < -0.39 is 0 Å². The molecule has 1 aliphatic rings. The normalized spacial score (nSPS) is 14.7. The van der Waals surface area contributed by atoms with Gasteiger partial charge in [-0.05, 0) is 59.3 Å². The molecule has 1 saturated carbocycles. The van der Waals surface area contributed by atoms with E-state index >= 15 is 0 Å². The van der Waals surface area contributed by atoms with Gasteiger partial charge in [-0.2, -0.15) is 0 Å². The number of tetrazole rings is 1. The highest BCUT2D eigenvalue weighted by molar-refractivity contribution is 7.99. The van der Waals surface area contributed by atoms with Crippen molar-refractivity contribution in [2.75, 3.05) is 6.54 Å². The van der Waals surface area contributed by atoms with E-state index in [-0.39, 0.29) is 0 Å². The molecule has 1 aliphatic carbocycles. The predicted octanol–water partition coefficient (Wildman–Crippen LogP) is 2.92. The molecule has 3 rings (SSSR count). The summed E-state index contributed by atoms with van der Waals surface area (Å²) in [5, 5.41) is 16.8. The number of hydrogen-bond acceptors (Lipinski definition) is 5. The van der Waals surface area contributed by atoms with Gasteiger partial charge in [0, 0.05) is 16.5 Å². The first kappa shape index (κ1) is 13.9. The average molecular weight is 310 g/mol. The van der Waals surface area contributed by atoms with Crippen LogP contribution in [0.25, 0.3) is 0 Å². The summed E-state index contributed by atoms with van der Waals surface area (Å²) in [6, 6.07) is 6.58. The summed E-state index contributed by atoms with van der Waals surface area (Å²) in [7, 11) is 0. The van der Waals surface area contributed by atoms with Crippen molar-refractivity contribution < 1.29 is 0 Å². The topological polar surface area (TPSA) is 55.6 Å². The molecule has 0 bridgehead atoms. The second-order valence-electron chi connectivity index (χ2n) is 4.77. The fourth-order valence-corrected chi connectivity index (χ4v) is 3.09. The summed E-state index contributed by atoms with van der Waals surface area (Å²) < 4.78 is 1.91. The molecular weight excluding hydrogens is 294 g/mol. The van der Waals surface area contributed by atoms with E-state index in [1.165, 1.54) is 12.8 Å². The first-order chi connectivity index (χ1) is 9.78. The predicted molar refractivity (Wildman–Crippen MR) is 79.0 cm³/mol. The number of hydrogen-bond donors (Lipinski definition) is 1. The minimum Gasteiger partial charge on any atom is -0.313 e. The summed E-state index contributed by atoms with van der Waals surface area (Å²) in [6.45, 7) is 3.80. The molecule has 1 N–H and O–H groups in total. The van der Waals surface area contributed by atoms with Crippen molar-refractivity contribution in [1.29, 1.82) is 0 Å². The Balaban J connectivity index is 1.74. The number of rotatable bonds is 6. The molecule has 7 heteroatoms. The average Bonchev–Trinajstić information content (AvgIpc) is 3.19. The smallest absolute Gasteiger partial charge is 0.214 e. The van der Waals surface area contributed by atoms with E-state index in [0.29, 0.717) is 6.04 Å². The van der Waals surface area contributed by atoms with Crippen LogP contribution in [-0.4, -0.2) is 26.8 Å². The number of nitrogens with zero attached hydrogens (tertiary/aromatic N) is 4. The molecule has 0 radical (unpaired) electrons. The monoisotopic (exact) mass is 309 g/mol. The quantitative estimate of drug-likeness (QED) is 0.889. The van der Waals surface area contributed by atoms with Crippen molar-refractivity contribution in [1.82, 2.24) is 25.5 Å². The SMILES string of the molecule is CCNCc1ccc(Sc2nnnn2C2CC2)cc1Cl. The first-order valence-electron chi connectivity index (χ1n) is 6.72. The number of benzene rings is 1. The van der Waals surface area contributed by atoms with Gasteiger partial charge in [0.1, 0.15) is 0 Å². The van der Waals surface area contributed by atoms with Gasteiger partial charge in [0.25, 0.3) is 0 Å². The molecule has 2 aromatic rings. The van der Waals surface area contributed by atoms with Gasteiger partial charge in [0.05, 0.1) is 6.04 Å². The van der Waals surface area contributed by atoms with Gasteiger partial charge in [-0.15, -0.1) is 5.10 Å². The Hall–Kier alpha value is -1.11. The van der Waals surface area contributed by atoms with Crippen LogP contribution in [0.1, 0.15) is 31.4 Å². The lowest BCUT2D eigenvalue weighted by atomic mass is 10.2. The number of halogens is 1. The van der Waals surface area contributed by atoms with Crippen molar-refractivity contribution in [2.45, 2.75) is 42.4 Å². The maximum Gasteiger partial charge on any atom is 0.214 e. The molecular formula is C13H16ClN5S. The molecule has 1 fully saturated rings. The van der Waals surface area contributed by atoms with Gasteiger partial charge in [-0.1, -0.05) is 24.6 Å². The Morgan fingerprint density at radius 3 is 3.00 bits per heavy atom. The van der Waals surface area contributed by atoms with Crippen molar-refractivity contribution >= 4 is 23.4 Å². The maximum atomic E-state index is 6.31. The lowest BCUT2D eigenvalue weighted by Gasteiger charge is -2.07. The van der Waals surface area contributed by atoms with Gasteiger partial charge in [0.15, 0.2) is 0 Å². The third kappa shape index (κ3) is 3.13. The second-order valence-corrected chi connectivity index (χ2v) is 6.22. The van der Waals surface area contributed by atoms with Crippen LogP contribution in [0.3, 0.4) is 0 Å². The van der Waals surface area contributed by atoms with Crippen LogP contribution in [0.4, 0.5) is 0 Å². The molecule has 1 heterocycles. The molecule has 0 aliphatic heterocycles. The van der Waals surface area contributed by atoms with E-state index in [9.17, 15) is 0 Å². The zero-order valence-corrected chi connectivity index (χ0v) is 12.8. The Bertz CT molecular complexity index is 596. The third-order valence-corrected chi connectivity index (χ3v) is 4.45. The molecule has 0 unspecified atom stereocenters. The van der Waals surface area contributed by atoms with Gasteiger partial charge in [0.2, 0.25) is 5.16 Å². The van der Waals surface area contributed by atoms with Crippen LogP contribution < -0.4 is 5.32 Å². The highest BCUT2D eigenvalue weighted by Crippen LogP contribution is 2.38. The highest BCUT2D eigenvalue weighted by Gasteiger charge is 2.28. The van der Waals surface area contributed by atoms with Crippen LogP contribution >= 0.6 is 23.4 Å². The largest absolute Gasteiger partial charge is 0.313 e. The Labute approximate surface area is 127 Å². The van der Waals surface area contributed by atoms with Crippen LogP contribution in [0.2, 0.25) is 5.02 Å². The zero-order chi connectivity index (χ0) is 13.9. The van der Waals surface area contributed by atoms with E-state index in [1.807, 2.05) is 10.7 Å². The summed E-state index contributed by atoms with van der Waals surface area (Å²) >= 11 is 7.87. The summed E-state index contributed by atoms with van der Waals surface area (Å²) in [5.41, 5.74) is 1.11. The Morgan fingerprint density at radius 2 is 2.30 bits per heavy atom. The summed E-state index contributed by atoms with van der Waals surface area (Å²) in [4.78, 5) is 1.06. The molecule has 0 saturated heterocycles. The minimum absolute atomic E-state index is 0.482. The van der Waals surface area contributed by atoms with Crippen molar-refractivity contribution in [3.8, 4) is 0 Å². The molecule has 0 amide bonds. The Morgan fingerprint density at radius 1 is 1.45 bits per heavy atom. The fourth-order valence-electron chi connectivity index (χ4n) is 1.90. The summed E-state index contributed by atoms with van der Waals surface area (Å²) in [5.74, 6) is 0. The van der Waals surface area contributed by atoms with Crippen molar-refractivity contribution in [3.63, 3.8) is 0 Å². The maximum absolute atomic E-state index is 6.31. The first-order valence-corrected chi connectivity index (χ1v) is 7.92. The van der Waals surface area contributed by atoms with Crippen LogP contribution in [0, 0.1) is 0 Å². The second kappa shape index (κ2) is 6.11. The fraction of sp³-hybridized carbons (Fsp3) is 0.462. The zero-order valence-electron chi connectivity index (χ0n) is 11.2. The summed E-state index contributed by atoms with van der Waals surface area (Å²) in [6.07, 6.45) is 2.34.